The minimum atomic E-state index is -0.469. The van der Waals surface area contributed by atoms with E-state index in [-0.39, 0.29) is 17.1 Å². The summed E-state index contributed by atoms with van der Waals surface area (Å²) in [4.78, 5) is 8.41. The van der Waals surface area contributed by atoms with Gasteiger partial charge in [-0.3, -0.25) is 10.1 Å². The topological polar surface area (TPSA) is 74.7 Å². The fourth-order valence-corrected chi connectivity index (χ4v) is 2.18. The van der Waals surface area contributed by atoms with E-state index in [9.17, 15) is 9.50 Å². The Hall–Kier alpha value is -2.28. The molecular formula is C13H8BrFN4O. The van der Waals surface area contributed by atoms with Crippen LogP contribution in [0.3, 0.4) is 0 Å². The molecule has 0 aliphatic carbocycles. The van der Waals surface area contributed by atoms with Crippen LogP contribution in [0.2, 0.25) is 0 Å². The molecule has 0 bridgehead atoms. The van der Waals surface area contributed by atoms with Crippen LogP contribution < -0.4 is 0 Å². The highest BCUT2D eigenvalue weighted by atomic mass is 79.9. The molecule has 2 heterocycles. The van der Waals surface area contributed by atoms with E-state index in [0.29, 0.717) is 11.5 Å². The molecule has 0 fully saturated rings. The van der Waals surface area contributed by atoms with Crippen molar-refractivity contribution in [3.05, 3.63) is 46.8 Å². The molecule has 0 spiro atoms. The Labute approximate surface area is 121 Å². The highest BCUT2D eigenvalue weighted by Crippen LogP contribution is 2.29. The summed E-state index contributed by atoms with van der Waals surface area (Å²) < 4.78 is 14.0. The second-order valence-electron chi connectivity index (χ2n) is 4.00. The standard InChI is InChI=1S/C13H8BrFN4O/c14-9-2-1-5-16-11(9)13-17-12(18-19-13)8-6-7(15)3-4-10(8)20/h1-6,20H,(H,17,18,19). The van der Waals surface area contributed by atoms with Crippen LogP contribution >= 0.6 is 15.9 Å². The van der Waals surface area contributed by atoms with Crippen molar-refractivity contribution in [2.45, 2.75) is 0 Å². The van der Waals surface area contributed by atoms with E-state index < -0.39 is 5.82 Å². The van der Waals surface area contributed by atoms with Crippen LogP contribution in [0.5, 0.6) is 5.75 Å². The summed E-state index contributed by atoms with van der Waals surface area (Å²) in [6.45, 7) is 0. The summed E-state index contributed by atoms with van der Waals surface area (Å²) in [7, 11) is 0. The monoisotopic (exact) mass is 334 g/mol. The van der Waals surface area contributed by atoms with Crippen molar-refractivity contribution in [3.63, 3.8) is 0 Å². The van der Waals surface area contributed by atoms with Gasteiger partial charge in [-0.05, 0) is 46.3 Å². The molecule has 0 aliphatic heterocycles. The number of halogens is 2. The Morgan fingerprint density at radius 2 is 2.10 bits per heavy atom. The Balaban J connectivity index is 2.07. The van der Waals surface area contributed by atoms with Crippen molar-refractivity contribution in [2.75, 3.05) is 0 Å². The van der Waals surface area contributed by atoms with Crippen molar-refractivity contribution >= 4 is 15.9 Å². The molecule has 3 aromatic rings. The van der Waals surface area contributed by atoms with E-state index in [1.165, 1.54) is 18.2 Å². The third-order valence-electron chi connectivity index (χ3n) is 2.67. The van der Waals surface area contributed by atoms with E-state index in [1.54, 1.807) is 12.3 Å². The van der Waals surface area contributed by atoms with Gasteiger partial charge in [-0.15, -0.1) is 0 Å². The quantitative estimate of drug-likeness (QED) is 0.754. The zero-order chi connectivity index (χ0) is 14.1. The predicted molar refractivity (Wildman–Crippen MR) is 74.4 cm³/mol. The van der Waals surface area contributed by atoms with E-state index in [2.05, 4.69) is 36.1 Å². The third kappa shape index (κ3) is 2.27. The number of hydrogen-bond donors (Lipinski definition) is 2. The largest absolute Gasteiger partial charge is 0.507 e. The highest BCUT2D eigenvalue weighted by molar-refractivity contribution is 9.10. The Morgan fingerprint density at radius 3 is 2.90 bits per heavy atom. The number of phenols is 1. The number of pyridine rings is 1. The number of aromatic hydroxyl groups is 1. The van der Waals surface area contributed by atoms with Gasteiger partial charge >= 0.3 is 0 Å². The van der Waals surface area contributed by atoms with E-state index in [4.69, 9.17) is 0 Å². The van der Waals surface area contributed by atoms with Gasteiger partial charge in [0.05, 0.1) is 5.56 Å². The molecule has 3 rings (SSSR count). The molecule has 0 unspecified atom stereocenters. The first kappa shape index (κ1) is 12.7. The summed E-state index contributed by atoms with van der Waals surface area (Å²) in [5, 5.41) is 16.4. The molecule has 0 aliphatic rings. The highest BCUT2D eigenvalue weighted by Gasteiger charge is 2.14. The fraction of sp³-hybridized carbons (Fsp3) is 0. The van der Waals surface area contributed by atoms with Gasteiger partial charge < -0.3 is 5.11 Å². The SMILES string of the molecule is Oc1ccc(F)cc1-c1n[nH]c(-c2ncccc2Br)n1. The molecule has 5 nitrogen and oxygen atoms in total. The van der Waals surface area contributed by atoms with Crippen molar-refractivity contribution in [1.29, 1.82) is 0 Å². The number of hydrogen-bond acceptors (Lipinski definition) is 4. The predicted octanol–water partition coefficient (Wildman–Crippen LogP) is 3.14. The first-order chi connectivity index (χ1) is 9.65. The van der Waals surface area contributed by atoms with Crippen LogP contribution in [0.15, 0.2) is 41.0 Å². The van der Waals surface area contributed by atoms with Crippen LogP contribution in [-0.2, 0) is 0 Å². The first-order valence-electron chi connectivity index (χ1n) is 5.67. The zero-order valence-electron chi connectivity index (χ0n) is 10.0. The normalized spacial score (nSPS) is 10.7. The second-order valence-corrected chi connectivity index (χ2v) is 4.86. The fourth-order valence-electron chi connectivity index (χ4n) is 1.74. The molecule has 0 radical (unpaired) electrons. The second kappa shape index (κ2) is 5.01. The molecular weight excluding hydrogens is 327 g/mol. The summed E-state index contributed by atoms with van der Waals surface area (Å²) >= 11 is 3.36. The average Bonchev–Trinajstić information content (AvgIpc) is 2.91. The van der Waals surface area contributed by atoms with Crippen LogP contribution in [0, 0.1) is 5.82 Å². The minimum absolute atomic E-state index is 0.0861. The maximum atomic E-state index is 13.2. The maximum Gasteiger partial charge on any atom is 0.185 e. The molecule has 2 N–H and O–H groups in total. The molecule has 1 aromatic carbocycles. The zero-order valence-corrected chi connectivity index (χ0v) is 11.6. The Bertz CT molecular complexity index is 775. The van der Waals surface area contributed by atoms with Crippen LogP contribution in [0.25, 0.3) is 22.9 Å². The molecule has 7 heteroatoms. The van der Waals surface area contributed by atoms with Gasteiger partial charge in [-0.1, -0.05) is 0 Å². The molecule has 0 saturated carbocycles. The van der Waals surface area contributed by atoms with Gasteiger partial charge in [0.25, 0.3) is 0 Å². The van der Waals surface area contributed by atoms with Crippen molar-refractivity contribution < 1.29 is 9.50 Å². The number of aromatic nitrogens is 4. The number of phenolic OH excluding ortho intramolecular Hbond substituents is 1. The number of nitrogens with one attached hydrogen (secondary N) is 1. The third-order valence-corrected chi connectivity index (χ3v) is 3.31. The van der Waals surface area contributed by atoms with Gasteiger partial charge in [-0.25, -0.2) is 9.37 Å². The lowest BCUT2D eigenvalue weighted by Crippen LogP contribution is -1.87. The van der Waals surface area contributed by atoms with Crippen LogP contribution in [-0.4, -0.2) is 25.3 Å². The van der Waals surface area contributed by atoms with Gasteiger partial charge in [0.2, 0.25) is 0 Å². The van der Waals surface area contributed by atoms with Gasteiger partial charge in [-0.2, -0.15) is 5.10 Å². The molecule has 0 amide bonds. The summed E-state index contributed by atoms with van der Waals surface area (Å²) in [5.41, 5.74) is 0.807. The lowest BCUT2D eigenvalue weighted by Gasteiger charge is -1.99. The van der Waals surface area contributed by atoms with Crippen LogP contribution in [0.1, 0.15) is 0 Å². The van der Waals surface area contributed by atoms with Gasteiger partial charge in [0, 0.05) is 10.7 Å². The summed E-state index contributed by atoms with van der Waals surface area (Å²) in [6.07, 6.45) is 1.63. The van der Waals surface area contributed by atoms with Gasteiger partial charge in [0.1, 0.15) is 17.3 Å². The average molecular weight is 335 g/mol. The summed E-state index contributed by atoms with van der Waals surface area (Å²) in [5.74, 6) is 0.0749. The lowest BCUT2D eigenvalue weighted by molar-refractivity contribution is 0.475. The molecule has 0 atom stereocenters. The van der Waals surface area contributed by atoms with E-state index in [1.807, 2.05) is 6.07 Å². The van der Waals surface area contributed by atoms with E-state index in [0.717, 1.165) is 4.47 Å². The number of nitrogens with zero attached hydrogens (tertiary/aromatic N) is 3. The summed E-state index contributed by atoms with van der Waals surface area (Å²) in [6, 6.07) is 7.21. The minimum Gasteiger partial charge on any atom is -0.507 e. The number of H-pyrrole nitrogens is 1. The Kier molecular flexibility index (Phi) is 3.19. The number of rotatable bonds is 2. The number of benzene rings is 1. The molecule has 2 aromatic heterocycles. The molecule has 0 saturated heterocycles. The van der Waals surface area contributed by atoms with E-state index >= 15 is 0 Å². The smallest absolute Gasteiger partial charge is 0.185 e. The number of aromatic amines is 1. The van der Waals surface area contributed by atoms with Crippen molar-refractivity contribution in [3.8, 4) is 28.7 Å². The van der Waals surface area contributed by atoms with Crippen LogP contribution in [0.4, 0.5) is 4.39 Å². The lowest BCUT2D eigenvalue weighted by atomic mass is 10.2. The first-order valence-corrected chi connectivity index (χ1v) is 6.46. The van der Waals surface area contributed by atoms with Crippen molar-refractivity contribution in [2.24, 2.45) is 0 Å². The molecule has 20 heavy (non-hydrogen) atoms. The van der Waals surface area contributed by atoms with Crippen molar-refractivity contribution in [1.82, 2.24) is 20.2 Å². The van der Waals surface area contributed by atoms with Gasteiger partial charge in [0.15, 0.2) is 11.6 Å². The Morgan fingerprint density at radius 1 is 1.25 bits per heavy atom. The molecule has 100 valence electrons. The maximum absolute atomic E-state index is 13.2.